The number of methoxy groups -OCH3 is 1. The van der Waals surface area contributed by atoms with Gasteiger partial charge in [-0.15, -0.1) is 0 Å². The molecule has 0 saturated heterocycles. The van der Waals surface area contributed by atoms with Crippen LogP contribution in [0.3, 0.4) is 0 Å². The first-order chi connectivity index (χ1) is 9.71. The minimum Gasteiger partial charge on any atom is -0.468 e. The van der Waals surface area contributed by atoms with Crippen LogP contribution < -0.4 is 4.74 Å². The quantitative estimate of drug-likeness (QED) is 0.240. The summed E-state index contributed by atoms with van der Waals surface area (Å²) in [5.74, 6) is 0.136. The number of ether oxygens (including phenoxy) is 3. The molecule has 0 amide bonds. The highest BCUT2D eigenvalue weighted by atomic mass is 16.7. The summed E-state index contributed by atoms with van der Waals surface area (Å²) in [6, 6.07) is 6.25. The lowest BCUT2D eigenvalue weighted by Crippen LogP contribution is -2.23. The van der Waals surface area contributed by atoms with E-state index in [9.17, 15) is 4.79 Å². The Kier molecular flexibility index (Phi) is 6.95. The molecule has 0 bridgehead atoms. The molecule has 20 heavy (non-hydrogen) atoms. The lowest BCUT2D eigenvalue weighted by atomic mass is 10.1. The van der Waals surface area contributed by atoms with Crippen LogP contribution in [0.2, 0.25) is 0 Å². The highest BCUT2D eigenvalue weighted by Crippen LogP contribution is 2.15. The fraction of sp³-hybridized carbons (Fsp3) is 0.462. The summed E-state index contributed by atoms with van der Waals surface area (Å²) in [7, 11) is 1.54. The summed E-state index contributed by atoms with van der Waals surface area (Å²) >= 11 is 0. The van der Waals surface area contributed by atoms with Crippen molar-refractivity contribution >= 4 is 5.97 Å². The second kappa shape index (κ2) is 8.79. The van der Waals surface area contributed by atoms with Crippen molar-refractivity contribution < 1.29 is 19.0 Å². The summed E-state index contributed by atoms with van der Waals surface area (Å²) in [5, 5.41) is 3.46. The van der Waals surface area contributed by atoms with Gasteiger partial charge in [0, 0.05) is 12.0 Å². The van der Waals surface area contributed by atoms with Gasteiger partial charge in [0.2, 0.25) is 0 Å². The van der Waals surface area contributed by atoms with Crippen LogP contribution in [0.1, 0.15) is 12.5 Å². The maximum absolute atomic E-state index is 11.6. The Morgan fingerprint density at radius 2 is 2.10 bits per heavy atom. The monoisotopic (exact) mass is 279 g/mol. The molecule has 1 aromatic rings. The van der Waals surface area contributed by atoms with Gasteiger partial charge in [-0.1, -0.05) is 17.2 Å². The van der Waals surface area contributed by atoms with Gasteiger partial charge >= 0.3 is 5.97 Å². The zero-order valence-corrected chi connectivity index (χ0v) is 11.5. The number of hydrogen-bond donors (Lipinski definition) is 0. The zero-order chi connectivity index (χ0) is 14.8. The Balaban J connectivity index is 2.68. The molecule has 7 nitrogen and oxygen atoms in total. The van der Waals surface area contributed by atoms with Crippen molar-refractivity contribution in [3.63, 3.8) is 0 Å². The van der Waals surface area contributed by atoms with E-state index in [0.29, 0.717) is 5.75 Å². The largest absolute Gasteiger partial charge is 0.468 e. The molecule has 0 aliphatic rings. The number of azide groups is 1. The normalized spacial score (nSPS) is 11.3. The molecule has 0 radical (unpaired) electrons. The van der Waals surface area contributed by atoms with Crippen LogP contribution in [-0.2, 0) is 20.7 Å². The van der Waals surface area contributed by atoms with E-state index in [2.05, 4.69) is 10.0 Å². The first-order valence-electron chi connectivity index (χ1n) is 6.12. The topological polar surface area (TPSA) is 93.5 Å². The average molecular weight is 279 g/mol. The van der Waals surface area contributed by atoms with Gasteiger partial charge in [-0.2, -0.15) is 0 Å². The van der Waals surface area contributed by atoms with E-state index in [1.807, 2.05) is 0 Å². The third kappa shape index (κ3) is 5.17. The molecule has 1 unspecified atom stereocenters. The maximum atomic E-state index is 11.6. The molecule has 0 aromatic heterocycles. The van der Waals surface area contributed by atoms with Gasteiger partial charge in [-0.25, -0.2) is 0 Å². The molecule has 1 rings (SSSR count). The number of benzene rings is 1. The summed E-state index contributed by atoms with van der Waals surface area (Å²) in [5.41, 5.74) is 9.34. The van der Waals surface area contributed by atoms with Crippen LogP contribution in [0.4, 0.5) is 0 Å². The minimum atomic E-state index is -0.856. The molecule has 0 aliphatic heterocycles. The molecule has 0 fully saturated rings. The van der Waals surface area contributed by atoms with E-state index in [4.69, 9.17) is 19.7 Å². The number of carbonyl (C=O) groups excluding carboxylic acids is 1. The van der Waals surface area contributed by atoms with E-state index in [1.54, 1.807) is 31.2 Å². The molecule has 0 saturated carbocycles. The molecule has 0 N–H and O–H groups in total. The van der Waals surface area contributed by atoms with Crippen LogP contribution in [-0.4, -0.2) is 32.5 Å². The number of hydrogen-bond acceptors (Lipinski definition) is 5. The van der Waals surface area contributed by atoms with Gasteiger partial charge in [-0.05, 0) is 36.6 Å². The Morgan fingerprint density at radius 3 is 2.65 bits per heavy atom. The van der Waals surface area contributed by atoms with Crippen LogP contribution in [0, 0.1) is 0 Å². The molecular formula is C13H17N3O4. The van der Waals surface area contributed by atoms with Crippen molar-refractivity contribution in [2.45, 2.75) is 19.4 Å². The molecular weight excluding hydrogens is 262 g/mol. The van der Waals surface area contributed by atoms with Crippen molar-refractivity contribution in [2.24, 2.45) is 5.11 Å². The Hall–Kier alpha value is -2.24. The Morgan fingerprint density at radius 1 is 1.40 bits per heavy atom. The third-order valence-electron chi connectivity index (χ3n) is 2.45. The number of esters is 1. The SMILES string of the molecule is CCOC(=O)C(Cc1ccc(OCOC)cc1)N=[N+]=[N-]. The summed E-state index contributed by atoms with van der Waals surface area (Å²) < 4.78 is 14.9. The molecule has 0 aliphatic carbocycles. The third-order valence-corrected chi connectivity index (χ3v) is 2.45. The molecule has 1 aromatic carbocycles. The van der Waals surface area contributed by atoms with Crippen molar-refractivity contribution in [1.29, 1.82) is 0 Å². The Bertz CT molecular complexity index is 469. The molecule has 7 heteroatoms. The lowest BCUT2D eigenvalue weighted by Gasteiger charge is -2.11. The predicted octanol–water partition coefficient (Wildman–Crippen LogP) is 2.45. The van der Waals surface area contributed by atoms with Crippen molar-refractivity contribution in [3.05, 3.63) is 40.3 Å². The van der Waals surface area contributed by atoms with Gasteiger partial charge in [-0.3, -0.25) is 4.79 Å². The number of carbonyl (C=O) groups is 1. The fourth-order valence-corrected chi connectivity index (χ4v) is 1.54. The second-order valence-corrected chi connectivity index (χ2v) is 3.87. The summed E-state index contributed by atoms with van der Waals surface area (Å²) in [4.78, 5) is 14.3. The predicted molar refractivity (Wildman–Crippen MR) is 72.2 cm³/mol. The lowest BCUT2D eigenvalue weighted by molar-refractivity contribution is -0.144. The highest BCUT2D eigenvalue weighted by molar-refractivity contribution is 5.76. The van der Waals surface area contributed by atoms with Crippen LogP contribution >= 0.6 is 0 Å². The van der Waals surface area contributed by atoms with Crippen LogP contribution in [0.15, 0.2) is 29.4 Å². The second-order valence-electron chi connectivity index (χ2n) is 3.87. The van der Waals surface area contributed by atoms with E-state index in [-0.39, 0.29) is 19.8 Å². The molecule has 0 heterocycles. The zero-order valence-electron chi connectivity index (χ0n) is 11.5. The highest BCUT2D eigenvalue weighted by Gasteiger charge is 2.18. The smallest absolute Gasteiger partial charge is 0.315 e. The van der Waals surface area contributed by atoms with Gasteiger partial charge < -0.3 is 14.2 Å². The summed E-state index contributed by atoms with van der Waals surface area (Å²) in [6.45, 7) is 2.12. The average Bonchev–Trinajstić information content (AvgIpc) is 2.46. The van der Waals surface area contributed by atoms with Crippen LogP contribution in [0.5, 0.6) is 5.75 Å². The van der Waals surface area contributed by atoms with Crippen molar-refractivity contribution in [3.8, 4) is 5.75 Å². The minimum absolute atomic E-state index is 0.170. The standard InChI is InChI=1S/C13H17N3O4/c1-3-19-13(17)12(15-16-14)8-10-4-6-11(7-5-10)20-9-18-2/h4-7,12H,3,8-9H2,1-2H3. The molecule has 1 atom stereocenters. The fourth-order valence-electron chi connectivity index (χ4n) is 1.54. The van der Waals surface area contributed by atoms with Crippen molar-refractivity contribution in [1.82, 2.24) is 0 Å². The van der Waals surface area contributed by atoms with Crippen LogP contribution in [0.25, 0.3) is 10.4 Å². The van der Waals surface area contributed by atoms with E-state index in [0.717, 1.165) is 5.56 Å². The molecule has 0 spiro atoms. The molecule has 108 valence electrons. The van der Waals surface area contributed by atoms with E-state index >= 15 is 0 Å². The first kappa shape index (κ1) is 15.8. The van der Waals surface area contributed by atoms with Gasteiger partial charge in [0.15, 0.2) is 6.79 Å². The van der Waals surface area contributed by atoms with E-state index < -0.39 is 12.0 Å². The maximum Gasteiger partial charge on any atom is 0.315 e. The van der Waals surface area contributed by atoms with Gasteiger partial charge in [0.05, 0.1) is 6.61 Å². The number of nitrogens with zero attached hydrogens (tertiary/aromatic N) is 3. The summed E-state index contributed by atoms with van der Waals surface area (Å²) in [6.07, 6.45) is 0.285. The Labute approximate surface area is 117 Å². The van der Waals surface area contributed by atoms with Gasteiger partial charge in [0.25, 0.3) is 0 Å². The van der Waals surface area contributed by atoms with E-state index in [1.165, 1.54) is 7.11 Å². The van der Waals surface area contributed by atoms with Crippen molar-refractivity contribution in [2.75, 3.05) is 20.5 Å². The van der Waals surface area contributed by atoms with Gasteiger partial charge in [0.1, 0.15) is 11.8 Å². The first-order valence-corrected chi connectivity index (χ1v) is 6.12. The number of rotatable bonds is 8.